The summed E-state index contributed by atoms with van der Waals surface area (Å²) >= 11 is 0. The van der Waals surface area contributed by atoms with E-state index >= 15 is 0 Å². The van der Waals surface area contributed by atoms with Crippen LogP contribution in [0.15, 0.2) is 41.3 Å². The number of ketones is 1. The van der Waals surface area contributed by atoms with Crippen LogP contribution in [0.2, 0.25) is 0 Å². The number of likely N-dealkylation sites (tertiary alicyclic amines) is 1. The number of carbonyl (C=O) groups excluding carboxylic acids is 1. The van der Waals surface area contributed by atoms with Crippen LogP contribution in [0, 0.1) is 5.92 Å². The summed E-state index contributed by atoms with van der Waals surface area (Å²) < 4.78 is 23.3. The molecular formula is C18H19NO5S. The van der Waals surface area contributed by atoms with E-state index in [1.54, 1.807) is 30.3 Å². The number of benzene rings is 2. The first-order chi connectivity index (χ1) is 11.8. The van der Waals surface area contributed by atoms with E-state index in [4.69, 9.17) is 5.11 Å². The van der Waals surface area contributed by atoms with Gasteiger partial charge in [0.05, 0.1) is 4.90 Å². The lowest BCUT2D eigenvalue weighted by Gasteiger charge is -2.29. The molecule has 1 unspecified atom stereocenters. The lowest BCUT2D eigenvalue weighted by Crippen LogP contribution is -2.41. The summed E-state index contributed by atoms with van der Waals surface area (Å²) in [7, 11) is -3.28. The standard InChI is InChI=1S/C18H19NO5S/c1-25(23,24)16-7-6-12-9-14(5-4-13(12)10-16)17(20)15-3-2-8-19(11-15)18(21)22/h4-7,9-10,15H,2-3,8,11H2,1H3,(H,21,22). The zero-order chi connectivity index (χ0) is 18.2. The van der Waals surface area contributed by atoms with Gasteiger partial charge in [-0.2, -0.15) is 0 Å². The second-order valence-corrected chi connectivity index (χ2v) is 8.44. The van der Waals surface area contributed by atoms with Gasteiger partial charge < -0.3 is 10.0 Å². The maximum absolute atomic E-state index is 12.7. The highest BCUT2D eigenvalue weighted by Gasteiger charge is 2.28. The van der Waals surface area contributed by atoms with Gasteiger partial charge in [-0.1, -0.05) is 18.2 Å². The summed E-state index contributed by atoms with van der Waals surface area (Å²) in [6.07, 6.45) is 1.51. The quantitative estimate of drug-likeness (QED) is 0.849. The molecule has 0 aromatic heterocycles. The summed E-state index contributed by atoms with van der Waals surface area (Å²) in [5.41, 5.74) is 0.525. The molecule has 25 heavy (non-hydrogen) atoms. The van der Waals surface area contributed by atoms with Crippen LogP contribution in [0.3, 0.4) is 0 Å². The van der Waals surface area contributed by atoms with Gasteiger partial charge in [-0.05, 0) is 41.8 Å². The minimum Gasteiger partial charge on any atom is -0.465 e. The van der Waals surface area contributed by atoms with E-state index in [1.807, 2.05) is 0 Å². The number of carbonyl (C=O) groups is 2. The third-order valence-electron chi connectivity index (χ3n) is 4.59. The lowest BCUT2D eigenvalue weighted by molar-refractivity contribution is 0.0807. The van der Waals surface area contributed by atoms with E-state index in [9.17, 15) is 18.0 Å². The highest BCUT2D eigenvalue weighted by atomic mass is 32.2. The molecule has 1 fully saturated rings. The van der Waals surface area contributed by atoms with Gasteiger partial charge in [0, 0.05) is 30.8 Å². The van der Waals surface area contributed by atoms with E-state index in [0.29, 0.717) is 24.9 Å². The van der Waals surface area contributed by atoms with Crippen molar-refractivity contribution in [1.82, 2.24) is 4.90 Å². The molecule has 1 heterocycles. The minimum atomic E-state index is -3.28. The minimum absolute atomic E-state index is 0.0694. The Morgan fingerprint density at radius 3 is 2.48 bits per heavy atom. The Morgan fingerprint density at radius 2 is 1.80 bits per heavy atom. The largest absolute Gasteiger partial charge is 0.465 e. The van der Waals surface area contributed by atoms with Gasteiger partial charge >= 0.3 is 6.09 Å². The predicted octanol–water partition coefficient (Wildman–Crippen LogP) is 2.82. The number of sulfone groups is 1. The van der Waals surface area contributed by atoms with Crippen LogP contribution in [0.4, 0.5) is 4.79 Å². The molecule has 1 amide bonds. The van der Waals surface area contributed by atoms with Crippen LogP contribution in [0.1, 0.15) is 23.2 Å². The number of rotatable bonds is 3. The Hall–Kier alpha value is -2.41. The number of piperidine rings is 1. The third-order valence-corrected chi connectivity index (χ3v) is 5.70. The fourth-order valence-electron chi connectivity index (χ4n) is 3.21. The highest BCUT2D eigenvalue weighted by molar-refractivity contribution is 7.90. The maximum Gasteiger partial charge on any atom is 0.407 e. The first kappa shape index (κ1) is 17.4. The van der Waals surface area contributed by atoms with Crippen molar-refractivity contribution in [3.05, 3.63) is 42.0 Å². The summed E-state index contributed by atoms with van der Waals surface area (Å²) in [4.78, 5) is 25.4. The van der Waals surface area contributed by atoms with Gasteiger partial charge in [0.25, 0.3) is 0 Å². The van der Waals surface area contributed by atoms with Gasteiger partial charge in [0.2, 0.25) is 0 Å². The molecule has 6 nitrogen and oxygen atoms in total. The molecule has 1 aliphatic heterocycles. The zero-order valence-electron chi connectivity index (χ0n) is 13.8. The van der Waals surface area contributed by atoms with Crippen LogP contribution in [0.25, 0.3) is 10.8 Å². The van der Waals surface area contributed by atoms with E-state index in [1.165, 1.54) is 11.0 Å². The summed E-state index contributed by atoms with van der Waals surface area (Å²) in [6, 6.07) is 9.95. The molecule has 2 aromatic carbocycles. The Balaban J connectivity index is 1.88. The topological polar surface area (TPSA) is 91.8 Å². The summed E-state index contributed by atoms with van der Waals surface area (Å²) in [5, 5.41) is 10.6. The van der Waals surface area contributed by atoms with E-state index in [2.05, 4.69) is 0 Å². The molecular weight excluding hydrogens is 342 g/mol. The molecule has 3 rings (SSSR count). The van der Waals surface area contributed by atoms with Gasteiger partial charge in [0.15, 0.2) is 15.6 Å². The number of fused-ring (bicyclic) bond motifs is 1. The first-order valence-corrected chi connectivity index (χ1v) is 9.91. The smallest absolute Gasteiger partial charge is 0.407 e. The van der Waals surface area contributed by atoms with Crippen LogP contribution in [0.5, 0.6) is 0 Å². The fraction of sp³-hybridized carbons (Fsp3) is 0.333. The molecule has 1 atom stereocenters. The number of hydrogen-bond acceptors (Lipinski definition) is 4. The summed E-state index contributed by atoms with van der Waals surface area (Å²) in [5.74, 6) is -0.405. The van der Waals surface area contributed by atoms with Crippen LogP contribution < -0.4 is 0 Å². The SMILES string of the molecule is CS(=O)(=O)c1ccc2cc(C(=O)C3CCCN(C(=O)O)C3)ccc2c1. The molecule has 132 valence electrons. The number of nitrogens with zero attached hydrogens (tertiary/aromatic N) is 1. The van der Waals surface area contributed by atoms with Gasteiger partial charge in [-0.3, -0.25) is 4.79 Å². The Bertz CT molecular complexity index is 951. The van der Waals surface area contributed by atoms with Crippen molar-refractivity contribution in [1.29, 1.82) is 0 Å². The molecule has 7 heteroatoms. The molecule has 0 saturated carbocycles. The number of carboxylic acid groups (broad SMARTS) is 1. The molecule has 0 spiro atoms. The van der Waals surface area contributed by atoms with Crippen molar-refractivity contribution in [2.24, 2.45) is 5.92 Å². The zero-order valence-corrected chi connectivity index (χ0v) is 14.6. The van der Waals surface area contributed by atoms with E-state index in [-0.39, 0.29) is 23.1 Å². The molecule has 0 aliphatic carbocycles. The number of hydrogen-bond donors (Lipinski definition) is 1. The third kappa shape index (κ3) is 3.66. The Kier molecular flexibility index (Phi) is 4.51. The van der Waals surface area contributed by atoms with Gasteiger partial charge in [0.1, 0.15) is 0 Å². The van der Waals surface area contributed by atoms with Crippen molar-refractivity contribution >= 4 is 32.5 Å². The molecule has 0 bridgehead atoms. The molecule has 1 saturated heterocycles. The van der Waals surface area contributed by atoms with Crippen molar-refractivity contribution in [2.75, 3.05) is 19.3 Å². The van der Waals surface area contributed by atoms with Crippen molar-refractivity contribution in [3.8, 4) is 0 Å². The van der Waals surface area contributed by atoms with Crippen LogP contribution in [-0.4, -0.2) is 49.6 Å². The average molecular weight is 361 g/mol. The fourth-order valence-corrected chi connectivity index (χ4v) is 3.86. The molecule has 2 aromatic rings. The molecule has 1 N–H and O–H groups in total. The Labute approximate surface area is 146 Å². The first-order valence-electron chi connectivity index (χ1n) is 8.01. The lowest BCUT2D eigenvalue weighted by atomic mass is 9.89. The second-order valence-electron chi connectivity index (χ2n) is 6.43. The predicted molar refractivity (Wildman–Crippen MR) is 93.7 cm³/mol. The monoisotopic (exact) mass is 361 g/mol. The van der Waals surface area contributed by atoms with Crippen molar-refractivity contribution in [3.63, 3.8) is 0 Å². The second kappa shape index (κ2) is 6.48. The van der Waals surface area contributed by atoms with E-state index < -0.39 is 15.9 Å². The van der Waals surface area contributed by atoms with Gasteiger partial charge in [-0.25, -0.2) is 13.2 Å². The van der Waals surface area contributed by atoms with Crippen LogP contribution in [-0.2, 0) is 9.84 Å². The van der Waals surface area contributed by atoms with Crippen molar-refractivity contribution in [2.45, 2.75) is 17.7 Å². The normalized spacial score (nSPS) is 18.3. The Morgan fingerprint density at radius 1 is 1.12 bits per heavy atom. The van der Waals surface area contributed by atoms with Gasteiger partial charge in [-0.15, -0.1) is 0 Å². The molecule has 1 aliphatic rings. The van der Waals surface area contributed by atoms with Crippen LogP contribution >= 0.6 is 0 Å². The van der Waals surface area contributed by atoms with E-state index in [0.717, 1.165) is 17.0 Å². The maximum atomic E-state index is 12.7. The summed E-state index contributed by atoms with van der Waals surface area (Å²) in [6.45, 7) is 0.685. The molecule has 0 radical (unpaired) electrons. The number of amides is 1. The highest BCUT2D eigenvalue weighted by Crippen LogP contribution is 2.25. The number of Topliss-reactive ketones (excluding diaryl/α,β-unsaturated/α-hetero) is 1. The average Bonchev–Trinajstić information content (AvgIpc) is 2.59. The van der Waals surface area contributed by atoms with Crippen molar-refractivity contribution < 1.29 is 23.1 Å².